The van der Waals surface area contributed by atoms with E-state index in [2.05, 4.69) is 31.5 Å². The number of carbonyl (C=O) groups excluding carboxylic acids is 1. The number of benzene rings is 1. The third-order valence-electron chi connectivity index (χ3n) is 3.50. The maximum Gasteiger partial charge on any atom is 0.433 e. The van der Waals surface area contributed by atoms with Gasteiger partial charge in [-0.25, -0.2) is 9.37 Å². The molecule has 1 aliphatic carbocycles. The van der Waals surface area contributed by atoms with Crippen molar-refractivity contribution in [1.82, 2.24) is 10.3 Å². The van der Waals surface area contributed by atoms with Gasteiger partial charge in [0.05, 0.1) is 6.54 Å². The van der Waals surface area contributed by atoms with E-state index in [1.807, 2.05) is 0 Å². The number of pyridine rings is 1. The van der Waals surface area contributed by atoms with Gasteiger partial charge in [0.15, 0.2) is 5.82 Å². The smallest absolute Gasteiger partial charge is 0.376 e. The summed E-state index contributed by atoms with van der Waals surface area (Å²) in [6.45, 7) is -0.207. The van der Waals surface area contributed by atoms with Crippen LogP contribution in [0.1, 0.15) is 18.5 Å². The number of carbonyl (C=O) groups is 1. The predicted molar refractivity (Wildman–Crippen MR) is 84.1 cm³/mol. The summed E-state index contributed by atoms with van der Waals surface area (Å²) >= 11 is 3.10. The number of nitrogens with one attached hydrogen (secondary N) is 2. The number of aromatic nitrogens is 1. The van der Waals surface area contributed by atoms with Gasteiger partial charge < -0.3 is 10.6 Å². The van der Waals surface area contributed by atoms with E-state index in [1.165, 1.54) is 6.07 Å². The largest absolute Gasteiger partial charge is 0.433 e. The van der Waals surface area contributed by atoms with Crippen LogP contribution in [0.25, 0.3) is 10.9 Å². The number of fused-ring (bicyclic) bond motifs is 1. The van der Waals surface area contributed by atoms with E-state index in [0.29, 0.717) is 4.47 Å². The summed E-state index contributed by atoms with van der Waals surface area (Å²) in [5, 5.41) is 5.53. The van der Waals surface area contributed by atoms with Crippen LogP contribution in [-0.4, -0.2) is 23.5 Å². The molecule has 1 saturated carbocycles. The van der Waals surface area contributed by atoms with Crippen LogP contribution in [0.15, 0.2) is 22.7 Å². The monoisotopic (exact) mass is 405 g/mol. The van der Waals surface area contributed by atoms with Crippen molar-refractivity contribution in [3.8, 4) is 0 Å². The second kappa shape index (κ2) is 6.19. The molecule has 3 rings (SSSR count). The van der Waals surface area contributed by atoms with Crippen molar-refractivity contribution >= 4 is 38.4 Å². The molecule has 1 heterocycles. The normalized spacial score (nSPS) is 14.7. The molecule has 24 heavy (non-hydrogen) atoms. The molecule has 128 valence electrons. The quantitative estimate of drug-likeness (QED) is 0.759. The Kier molecular flexibility index (Phi) is 4.37. The highest BCUT2D eigenvalue weighted by Gasteiger charge is 2.34. The fourth-order valence-electron chi connectivity index (χ4n) is 2.23. The number of amides is 1. The van der Waals surface area contributed by atoms with Crippen LogP contribution < -0.4 is 10.6 Å². The van der Waals surface area contributed by atoms with Gasteiger partial charge in [-0.15, -0.1) is 0 Å². The van der Waals surface area contributed by atoms with Gasteiger partial charge >= 0.3 is 6.18 Å². The van der Waals surface area contributed by atoms with Crippen LogP contribution >= 0.6 is 15.9 Å². The highest BCUT2D eigenvalue weighted by atomic mass is 79.9. The maximum absolute atomic E-state index is 14.0. The second-order valence-corrected chi connectivity index (χ2v) is 6.45. The fourth-order valence-corrected chi connectivity index (χ4v) is 2.66. The summed E-state index contributed by atoms with van der Waals surface area (Å²) < 4.78 is 53.3. The first kappa shape index (κ1) is 16.9. The lowest BCUT2D eigenvalue weighted by Crippen LogP contribution is -2.31. The van der Waals surface area contributed by atoms with E-state index in [4.69, 9.17) is 0 Å². The zero-order valence-electron chi connectivity index (χ0n) is 12.2. The first-order chi connectivity index (χ1) is 11.2. The lowest BCUT2D eigenvalue weighted by molar-refractivity contribution is -0.140. The molecule has 0 radical (unpaired) electrons. The van der Waals surface area contributed by atoms with Crippen LogP contribution in [0, 0.1) is 5.82 Å². The van der Waals surface area contributed by atoms with Gasteiger partial charge in [0, 0.05) is 21.6 Å². The first-order valence-electron chi connectivity index (χ1n) is 7.14. The maximum atomic E-state index is 14.0. The van der Waals surface area contributed by atoms with E-state index in [-0.39, 0.29) is 29.6 Å². The Labute approximate surface area is 142 Å². The number of alkyl halides is 3. The third-order valence-corrected chi connectivity index (χ3v) is 3.96. The number of hydrogen-bond acceptors (Lipinski definition) is 3. The predicted octanol–water partition coefficient (Wildman–Crippen LogP) is 3.85. The van der Waals surface area contributed by atoms with Crippen LogP contribution in [0.3, 0.4) is 0 Å². The van der Waals surface area contributed by atoms with E-state index in [0.717, 1.165) is 25.0 Å². The highest BCUT2D eigenvalue weighted by Crippen LogP contribution is 2.35. The van der Waals surface area contributed by atoms with Crippen LogP contribution in [-0.2, 0) is 11.0 Å². The molecule has 0 saturated heterocycles. The van der Waals surface area contributed by atoms with Gasteiger partial charge in [-0.3, -0.25) is 4.79 Å². The molecule has 4 nitrogen and oxygen atoms in total. The van der Waals surface area contributed by atoms with E-state index in [9.17, 15) is 22.4 Å². The first-order valence-corrected chi connectivity index (χ1v) is 7.93. The minimum atomic E-state index is -4.72. The van der Waals surface area contributed by atoms with Gasteiger partial charge in [-0.05, 0) is 31.0 Å². The summed E-state index contributed by atoms with van der Waals surface area (Å²) in [6, 6.07) is 3.41. The third kappa shape index (κ3) is 3.77. The standard InChI is InChI=1S/C15H12BrF4N3O/c16-7-3-9-11(21-6-13(24)22-8-1-2-8)5-12(15(18,19)20)23-14(9)10(17)4-7/h3-5,8H,1-2,6H2,(H,21,23)(H,22,24). The van der Waals surface area contributed by atoms with Crippen LogP contribution in [0.4, 0.5) is 23.2 Å². The molecule has 1 fully saturated rings. The number of anilines is 1. The van der Waals surface area contributed by atoms with Crippen molar-refractivity contribution < 1.29 is 22.4 Å². The second-order valence-electron chi connectivity index (χ2n) is 5.53. The van der Waals surface area contributed by atoms with Crippen molar-refractivity contribution in [2.75, 3.05) is 11.9 Å². The zero-order chi connectivity index (χ0) is 17.5. The summed E-state index contributed by atoms with van der Waals surface area (Å²) in [7, 11) is 0. The highest BCUT2D eigenvalue weighted by molar-refractivity contribution is 9.10. The molecule has 0 unspecified atom stereocenters. The van der Waals surface area contributed by atoms with Gasteiger partial charge in [-0.2, -0.15) is 13.2 Å². The lowest BCUT2D eigenvalue weighted by atomic mass is 10.1. The molecule has 0 spiro atoms. The number of nitrogens with zero attached hydrogens (tertiary/aromatic N) is 1. The molecule has 1 aliphatic rings. The van der Waals surface area contributed by atoms with Crippen molar-refractivity contribution in [3.63, 3.8) is 0 Å². The number of halogens is 5. The number of hydrogen-bond donors (Lipinski definition) is 2. The lowest BCUT2D eigenvalue weighted by Gasteiger charge is -2.14. The van der Waals surface area contributed by atoms with Gasteiger partial charge in [0.2, 0.25) is 5.91 Å². The summed E-state index contributed by atoms with van der Waals surface area (Å²) in [4.78, 5) is 15.1. The molecular weight excluding hydrogens is 394 g/mol. The van der Waals surface area contributed by atoms with Crippen LogP contribution in [0.2, 0.25) is 0 Å². The summed E-state index contributed by atoms with van der Waals surface area (Å²) in [5.74, 6) is -1.21. The average molecular weight is 406 g/mol. The van der Waals surface area contributed by atoms with Crippen molar-refractivity contribution in [2.45, 2.75) is 25.1 Å². The fraction of sp³-hybridized carbons (Fsp3) is 0.333. The molecular formula is C15H12BrF4N3O. The molecule has 1 aromatic heterocycles. The number of rotatable bonds is 4. The Balaban J connectivity index is 1.97. The summed E-state index contributed by atoms with van der Waals surface area (Å²) in [5.41, 5.74) is -1.63. The molecule has 2 aromatic rings. The van der Waals surface area contributed by atoms with Crippen LogP contribution in [0.5, 0.6) is 0 Å². The minimum absolute atomic E-state index is 0.00141. The Hall–Kier alpha value is -1.90. The molecule has 2 N–H and O–H groups in total. The van der Waals surface area contributed by atoms with Gasteiger partial charge in [0.1, 0.15) is 11.2 Å². The van der Waals surface area contributed by atoms with Crippen molar-refractivity contribution in [1.29, 1.82) is 0 Å². The Morgan fingerprint density at radius 2 is 2.00 bits per heavy atom. The summed E-state index contributed by atoms with van der Waals surface area (Å²) in [6.07, 6.45) is -2.92. The SMILES string of the molecule is O=C(CNc1cc(C(F)(F)F)nc2c(F)cc(Br)cc12)NC1CC1. The topological polar surface area (TPSA) is 54.0 Å². The Bertz CT molecular complexity index is 805. The van der Waals surface area contributed by atoms with E-state index >= 15 is 0 Å². The Morgan fingerprint density at radius 3 is 2.62 bits per heavy atom. The Morgan fingerprint density at radius 1 is 1.29 bits per heavy atom. The minimum Gasteiger partial charge on any atom is -0.376 e. The molecule has 9 heteroatoms. The van der Waals surface area contributed by atoms with Crippen molar-refractivity contribution in [3.05, 3.63) is 34.2 Å². The zero-order valence-corrected chi connectivity index (χ0v) is 13.8. The van der Waals surface area contributed by atoms with Gasteiger partial charge in [-0.1, -0.05) is 15.9 Å². The molecule has 0 aliphatic heterocycles. The molecule has 0 atom stereocenters. The average Bonchev–Trinajstić information content (AvgIpc) is 3.27. The van der Waals surface area contributed by atoms with Gasteiger partial charge in [0.25, 0.3) is 0 Å². The molecule has 0 bridgehead atoms. The molecule has 1 amide bonds. The van der Waals surface area contributed by atoms with E-state index in [1.54, 1.807) is 0 Å². The molecule has 1 aromatic carbocycles. The van der Waals surface area contributed by atoms with Crippen molar-refractivity contribution in [2.24, 2.45) is 0 Å². The van der Waals surface area contributed by atoms with E-state index < -0.39 is 23.2 Å².